The molecule has 0 radical (unpaired) electrons. The molecular weight excluding hydrogens is 373 g/mol. The molecule has 1 heterocycles. The van der Waals surface area contributed by atoms with Crippen molar-refractivity contribution < 1.29 is 22.7 Å². The lowest BCUT2D eigenvalue weighted by molar-refractivity contribution is 0.0984. The number of nitrogens with one attached hydrogen (secondary N) is 1. The average Bonchev–Trinajstić information content (AvgIpc) is 2.72. The lowest BCUT2D eigenvalue weighted by atomic mass is 10.1. The molecular formula is C18H20FN3O4S. The van der Waals surface area contributed by atoms with E-state index in [0.717, 1.165) is 6.26 Å². The number of phenols is 1. The van der Waals surface area contributed by atoms with Gasteiger partial charge in [-0.1, -0.05) is 0 Å². The molecule has 0 aliphatic carbocycles. The molecule has 2 aromatic carbocycles. The smallest absolute Gasteiger partial charge is 0.262 e. The van der Waals surface area contributed by atoms with Crippen LogP contribution in [0.4, 0.5) is 21.5 Å². The third kappa shape index (κ3) is 4.13. The Balaban J connectivity index is 1.97. The molecule has 1 amide bonds. The highest BCUT2D eigenvalue weighted by Crippen LogP contribution is 2.34. The molecule has 0 spiro atoms. The Morgan fingerprint density at radius 2 is 1.89 bits per heavy atom. The third-order valence-corrected chi connectivity index (χ3v) is 4.90. The van der Waals surface area contributed by atoms with Crippen molar-refractivity contribution in [2.45, 2.75) is 6.42 Å². The SMILES string of the molecule is CN1CCCN(C(=O)c2ccc(NS(C)(=O)=O)cc2O)c2ccc(F)cc21. The van der Waals surface area contributed by atoms with Gasteiger partial charge in [-0.25, -0.2) is 12.8 Å². The number of benzene rings is 2. The van der Waals surface area contributed by atoms with Gasteiger partial charge in [-0.05, 0) is 36.8 Å². The lowest BCUT2D eigenvalue weighted by Gasteiger charge is -2.24. The summed E-state index contributed by atoms with van der Waals surface area (Å²) in [4.78, 5) is 16.4. The van der Waals surface area contributed by atoms with Gasteiger partial charge in [0.05, 0.1) is 28.9 Å². The number of sulfonamides is 1. The standard InChI is InChI=1S/C18H20FN3O4S/c1-21-8-3-9-22(15-7-4-12(19)10-16(15)21)18(24)14-6-5-13(11-17(14)23)20-27(2,25)26/h4-7,10-11,20,23H,3,8-9H2,1-2H3. The summed E-state index contributed by atoms with van der Waals surface area (Å²) in [7, 11) is -1.67. The zero-order chi connectivity index (χ0) is 19.8. The van der Waals surface area contributed by atoms with Crippen molar-refractivity contribution in [2.75, 3.05) is 40.9 Å². The van der Waals surface area contributed by atoms with Gasteiger partial charge in [-0.15, -0.1) is 0 Å². The van der Waals surface area contributed by atoms with Crippen molar-refractivity contribution >= 4 is 33.0 Å². The lowest BCUT2D eigenvalue weighted by Crippen LogP contribution is -2.31. The van der Waals surface area contributed by atoms with Crippen LogP contribution in [0.3, 0.4) is 0 Å². The van der Waals surface area contributed by atoms with Gasteiger partial charge in [0.2, 0.25) is 10.0 Å². The molecule has 144 valence electrons. The molecule has 0 unspecified atom stereocenters. The molecule has 2 aromatic rings. The van der Waals surface area contributed by atoms with Gasteiger partial charge in [-0.3, -0.25) is 9.52 Å². The molecule has 27 heavy (non-hydrogen) atoms. The van der Waals surface area contributed by atoms with E-state index in [-0.39, 0.29) is 17.0 Å². The summed E-state index contributed by atoms with van der Waals surface area (Å²) in [6.45, 7) is 1.06. The van der Waals surface area contributed by atoms with Gasteiger partial charge < -0.3 is 14.9 Å². The Hall–Kier alpha value is -2.81. The van der Waals surface area contributed by atoms with E-state index in [2.05, 4.69) is 4.72 Å². The highest BCUT2D eigenvalue weighted by atomic mass is 32.2. The van der Waals surface area contributed by atoms with Crippen LogP contribution in [0, 0.1) is 5.82 Å². The topological polar surface area (TPSA) is 90.0 Å². The molecule has 0 atom stereocenters. The Bertz CT molecular complexity index is 994. The second-order valence-electron chi connectivity index (χ2n) is 6.47. The number of rotatable bonds is 3. The number of anilines is 3. The molecule has 0 saturated carbocycles. The summed E-state index contributed by atoms with van der Waals surface area (Å²) in [6.07, 6.45) is 1.67. The summed E-state index contributed by atoms with van der Waals surface area (Å²) in [5.41, 5.74) is 1.34. The van der Waals surface area contributed by atoms with Gasteiger partial charge in [0.15, 0.2) is 0 Å². The molecule has 0 bridgehead atoms. The van der Waals surface area contributed by atoms with E-state index < -0.39 is 21.7 Å². The van der Waals surface area contributed by atoms with Crippen LogP contribution in [0.2, 0.25) is 0 Å². The molecule has 7 nitrogen and oxygen atoms in total. The van der Waals surface area contributed by atoms with Gasteiger partial charge in [0.1, 0.15) is 11.6 Å². The normalized spacial score (nSPS) is 14.5. The van der Waals surface area contributed by atoms with Gasteiger partial charge >= 0.3 is 0 Å². The van der Waals surface area contributed by atoms with Crippen LogP contribution < -0.4 is 14.5 Å². The first kappa shape index (κ1) is 19.0. The molecule has 2 N–H and O–H groups in total. The third-order valence-electron chi connectivity index (χ3n) is 4.29. The van der Waals surface area contributed by atoms with Crippen LogP contribution in [0.5, 0.6) is 5.75 Å². The molecule has 0 saturated heterocycles. The largest absolute Gasteiger partial charge is 0.507 e. The Labute approximate surface area is 157 Å². The van der Waals surface area contributed by atoms with Crippen LogP contribution in [0.25, 0.3) is 0 Å². The van der Waals surface area contributed by atoms with Gasteiger partial charge in [-0.2, -0.15) is 0 Å². The van der Waals surface area contributed by atoms with Gasteiger partial charge in [0, 0.05) is 26.2 Å². The number of hydrogen-bond acceptors (Lipinski definition) is 5. The van der Waals surface area contributed by atoms with E-state index in [1.165, 1.54) is 35.2 Å². The van der Waals surface area contributed by atoms with Crippen molar-refractivity contribution in [3.63, 3.8) is 0 Å². The number of phenolic OH excluding ortho intramolecular Hbond substituents is 1. The van der Waals surface area contributed by atoms with Crippen molar-refractivity contribution in [3.05, 3.63) is 47.8 Å². The Kier molecular flexibility index (Phi) is 4.97. The summed E-state index contributed by atoms with van der Waals surface area (Å²) in [5.74, 6) is -1.18. The zero-order valence-electron chi connectivity index (χ0n) is 14.9. The minimum atomic E-state index is -3.50. The van der Waals surface area contributed by atoms with Crippen LogP contribution in [0.1, 0.15) is 16.8 Å². The molecule has 0 fully saturated rings. The minimum absolute atomic E-state index is 0.0360. The zero-order valence-corrected chi connectivity index (χ0v) is 15.8. The number of carbonyl (C=O) groups excluding carboxylic acids is 1. The molecule has 0 aromatic heterocycles. The maximum atomic E-state index is 13.7. The second kappa shape index (κ2) is 7.07. The number of fused-ring (bicyclic) bond motifs is 1. The van der Waals surface area contributed by atoms with Crippen LogP contribution in [0.15, 0.2) is 36.4 Å². The number of amides is 1. The second-order valence-corrected chi connectivity index (χ2v) is 8.22. The fraction of sp³-hybridized carbons (Fsp3) is 0.278. The fourth-order valence-electron chi connectivity index (χ4n) is 3.08. The van der Waals surface area contributed by atoms with Crippen molar-refractivity contribution in [1.29, 1.82) is 0 Å². The monoisotopic (exact) mass is 393 g/mol. The Morgan fingerprint density at radius 1 is 1.15 bits per heavy atom. The maximum absolute atomic E-state index is 13.7. The van der Waals surface area contributed by atoms with E-state index >= 15 is 0 Å². The molecule has 1 aliphatic heterocycles. The summed E-state index contributed by atoms with van der Waals surface area (Å²) >= 11 is 0. The summed E-state index contributed by atoms with van der Waals surface area (Å²) in [5, 5.41) is 10.3. The fourth-order valence-corrected chi connectivity index (χ4v) is 3.64. The first-order valence-electron chi connectivity index (χ1n) is 8.29. The predicted octanol–water partition coefficient (Wildman–Crippen LogP) is 2.39. The Morgan fingerprint density at radius 3 is 2.56 bits per heavy atom. The number of nitrogens with zero attached hydrogens (tertiary/aromatic N) is 2. The maximum Gasteiger partial charge on any atom is 0.262 e. The first-order valence-corrected chi connectivity index (χ1v) is 10.2. The van der Waals surface area contributed by atoms with E-state index in [1.54, 1.807) is 6.07 Å². The minimum Gasteiger partial charge on any atom is -0.507 e. The average molecular weight is 393 g/mol. The van der Waals surface area contributed by atoms with Gasteiger partial charge in [0.25, 0.3) is 5.91 Å². The highest BCUT2D eigenvalue weighted by Gasteiger charge is 2.26. The van der Waals surface area contributed by atoms with E-state index in [9.17, 15) is 22.7 Å². The molecule has 1 aliphatic rings. The van der Waals surface area contributed by atoms with Crippen molar-refractivity contribution in [3.8, 4) is 5.75 Å². The number of halogens is 1. The molecule has 9 heteroatoms. The first-order chi connectivity index (χ1) is 12.7. The summed E-state index contributed by atoms with van der Waals surface area (Å²) in [6, 6.07) is 8.16. The van der Waals surface area contributed by atoms with E-state index in [4.69, 9.17) is 0 Å². The number of aromatic hydroxyl groups is 1. The van der Waals surface area contributed by atoms with Crippen molar-refractivity contribution in [2.24, 2.45) is 0 Å². The predicted molar refractivity (Wildman–Crippen MR) is 103 cm³/mol. The highest BCUT2D eigenvalue weighted by molar-refractivity contribution is 7.92. The number of hydrogen-bond donors (Lipinski definition) is 2. The van der Waals surface area contributed by atoms with Crippen LogP contribution >= 0.6 is 0 Å². The quantitative estimate of drug-likeness (QED) is 0.836. The van der Waals surface area contributed by atoms with E-state index in [1.807, 2.05) is 11.9 Å². The van der Waals surface area contributed by atoms with Crippen LogP contribution in [-0.4, -0.2) is 45.8 Å². The summed E-state index contributed by atoms with van der Waals surface area (Å²) < 4.78 is 38.5. The van der Waals surface area contributed by atoms with Crippen LogP contribution in [-0.2, 0) is 10.0 Å². The molecule has 3 rings (SSSR count). The number of carbonyl (C=O) groups is 1. The van der Waals surface area contributed by atoms with Crippen molar-refractivity contribution in [1.82, 2.24) is 0 Å². The van der Waals surface area contributed by atoms with E-state index in [0.29, 0.717) is 30.9 Å².